The lowest BCUT2D eigenvalue weighted by Crippen LogP contribution is -2.27. The second-order valence-corrected chi connectivity index (χ2v) is 8.49. The zero-order chi connectivity index (χ0) is 18.0. The lowest BCUT2D eigenvalue weighted by atomic mass is 10.2. The van der Waals surface area contributed by atoms with Crippen molar-refractivity contribution in [3.8, 4) is 5.75 Å². The first-order chi connectivity index (χ1) is 12.0. The van der Waals surface area contributed by atoms with E-state index < -0.39 is 0 Å². The molecule has 0 aromatic heterocycles. The molecule has 0 N–H and O–H groups in total. The summed E-state index contributed by atoms with van der Waals surface area (Å²) in [5.41, 5.74) is 1.38. The number of amides is 2. The Hall–Kier alpha value is -1.07. The highest BCUT2D eigenvalue weighted by molar-refractivity contribution is 14.1. The Labute approximate surface area is 177 Å². The van der Waals surface area contributed by atoms with Crippen LogP contribution in [0.25, 0.3) is 6.08 Å². The third-order valence-electron chi connectivity index (χ3n) is 3.42. The molecule has 2 aromatic rings. The summed E-state index contributed by atoms with van der Waals surface area (Å²) in [5, 5.41) is -0.291. The Morgan fingerprint density at radius 3 is 2.56 bits per heavy atom. The van der Waals surface area contributed by atoms with Crippen molar-refractivity contribution in [2.24, 2.45) is 0 Å². The van der Waals surface area contributed by atoms with E-state index in [9.17, 15) is 9.59 Å². The van der Waals surface area contributed by atoms with Crippen LogP contribution < -0.4 is 9.64 Å². The summed E-state index contributed by atoms with van der Waals surface area (Å²) < 4.78 is 7.74. The fourth-order valence-corrected chi connectivity index (χ4v) is 5.27. The number of carbonyl (C=O) groups excluding carboxylic acids is 2. The highest BCUT2D eigenvalue weighted by Gasteiger charge is 2.36. The number of thioether (sulfide) groups is 1. The highest BCUT2D eigenvalue weighted by atomic mass is 127. The Balaban J connectivity index is 2.01. The number of anilines is 1. The fraction of sp³-hybridized carbons (Fsp3) is 0.111. The molecule has 128 valence electrons. The Bertz CT molecular complexity index is 868. The van der Waals surface area contributed by atoms with E-state index in [0.717, 1.165) is 30.2 Å². The van der Waals surface area contributed by atoms with Crippen molar-refractivity contribution >= 4 is 79.9 Å². The van der Waals surface area contributed by atoms with Gasteiger partial charge < -0.3 is 4.74 Å². The number of ether oxygens (including phenoxy) is 1. The van der Waals surface area contributed by atoms with Crippen LogP contribution in [0.15, 0.2) is 47.4 Å². The molecule has 1 aliphatic rings. The molecule has 1 heterocycles. The summed E-state index contributed by atoms with van der Waals surface area (Å²) in [6.45, 7) is 2.45. The normalized spacial score (nSPS) is 16.0. The van der Waals surface area contributed by atoms with Gasteiger partial charge in [-0.3, -0.25) is 9.59 Å². The zero-order valence-corrected chi connectivity index (χ0v) is 18.3. The molecule has 2 amide bonds. The van der Waals surface area contributed by atoms with Crippen molar-refractivity contribution in [3.63, 3.8) is 0 Å². The Morgan fingerprint density at radius 2 is 1.88 bits per heavy atom. The minimum Gasteiger partial charge on any atom is -0.492 e. The molecule has 1 fully saturated rings. The summed E-state index contributed by atoms with van der Waals surface area (Å²) in [7, 11) is 0. The molecule has 2 aromatic carbocycles. The van der Waals surface area contributed by atoms with Gasteiger partial charge in [-0.15, -0.1) is 0 Å². The van der Waals surface area contributed by atoms with Gasteiger partial charge in [0, 0.05) is 9.13 Å². The van der Waals surface area contributed by atoms with E-state index in [-0.39, 0.29) is 11.1 Å². The van der Waals surface area contributed by atoms with E-state index in [0.29, 0.717) is 17.2 Å². The second-order valence-electron chi connectivity index (χ2n) is 5.09. The summed E-state index contributed by atoms with van der Waals surface area (Å²) in [6, 6.07) is 12.9. The van der Waals surface area contributed by atoms with Crippen molar-refractivity contribution in [1.82, 2.24) is 0 Å². The van der Waals surface area contributed by atoms with E-state index in [4.69, 9.17) is 4.74 Å². The molecule has 0 radical (unpaired) electrons. The first-order valence-electron chi connectivity index (χ1n) is 7.46. The molecular weight excluding hydrogens is 564 g/mol. The van der Waals surface area contributed by atoms with Crippen molar-refractivity contribution < 1.29 is 14.3 Å². The van der Waals surface area contributed by atoms with Crippen molar-refractivity contribution in [2.45, 2.75) is 6.92 Å². The SMILES string of the molecule is CCOc1c(I)cc(I)cc1/C=C1\SC(=O)N(c2ccccc2)C1=O. The van der Waals surface area contributed by atoms with E-state index >= 15 is 0 Å². The smallest absolute Gasteiger partial charge is 0.298 e. The minimum absolute atomic E-state index is 0.291. The lowest BCUT2D eigenvalue weighted by molar-refractivity contribution is -0.113. The number of hydrogen-bond donors (Lipinski definition) is 0. The van der Waals surface area contributed by atoms with Crippen LogP contribution in [0.1, 0.15) is 12.5 Å². The first kappa shape index (κ1) is 18.7. The van der Waals surface area contributed by atoms with Crippen LogP contribution in [-0.2, 0) is 4.79 Å². The summed E-state index contributed by atoms with van der Waals surface area (Å²) in [5.74, 6) is 0.424. The van der Waals surface area contributed by atoms with E-state index in [1.54, 1.807) is 30.3 Å². The number of rotatable bonds is 4. The quantitative estimate of drug-likeness (QED) is 0.354. The summed E-state index contributed by atoms with van der Waals surface area (Å²) >= 11 is 5.39. The average Bonchev–Trinajstić information content (AvgIpc) is 2.85. The number of halogens is 2. The van der Waals surface area contributed by atoms with Crippen LogP contribution in [0.5, 0.6) is 5.75 Å². The van der Waals surface area contributed by atoms with E-state index in [2.05, 4.69) is 45.2 Å². The van der Waals surface area contributed by atoms with Crippen LogP contribution in [0.2, 0.25) is 0 Å². The molecule has 1 saturated heterocycles. The maximum absolute atomic E-state index is 12.7. The summed E-state index contributed by atoms with van der Waals surface area (Å²) in [6.07, 6.45) is 1.74. The molecule has 0 bridgehead atoms. The van der Waals surface area contributed by atoms with Crippen molar-refractivity contribution in [3.05, 3.63) is 60.1 Å². The monoisotopic (exact) mass is 577 g/mol. The van der Waals surface area contributed by atoms with Crippen molar-refractivity contribution in [2.75, 3.05) is 11.5 Å². The van der Waals surface area contributed by atoms with Crippen molar-refractivity contribution in [1.29, 1.82) is 0 Å². The molecule has 0 saturated carbocycles. The molecule has 25 heavy (non-hydrogen) atoms. The van der Waals surface area contributed by atoms with Crippen LogP contribution >= 0.6 is 56.9 Å². The number of hydrogen-bond acceptors (Lipinski definition) is 4. The zero-order valence-electron chi connectivity index (χ0n) is 13.2. The van der Waals surface area contributed by atoms with Gasteiger partial charge in [-0.05, 0) is 94.2 Å². The largest absolute Gasteiger partial charge is 0.492 e. The predicted octanol–water partition coefficient (Wildman–Crippen LogP) is 5.54. The van der Waals surface area contributed by atoms with Crippen LogP contribution in [0.3, 0.4) is 0 Å². The fourth-order valence-electron chi connectivity index (χ4n) is 2.39. The molecular formula is C18H13I2NO3S. The second kappa shape index (κ2) is 8.09. The van der Waals surface area contributed by atoms with Crippen LogP contribution in [0.4, 0.5) is 10.5 Å². The van der Waals surface area contributed by atoms with Gasteiger partial charge in [0.05, 0.1) is 20.8 Å². The maximum Gasteiger partial charge on any atom is 0.298 e. The number of para-hydroxylation sites is 1. The Kier molecular flexibility index (Phi) is 6.05. The average molecular weight is 577 g/mol. The standard InChI is InChI=1S/C18H13I2NO3S/c1-2-24-16-11(8-12(19)10-14(16)20)9-15-17(22)21(18(23)25-15)13-6-4-3-5-7-13/h3-10H,2H2,1H3/b15-9-. The number of imide groups is 1. The molecule has 7 heteroatoms. The van der Waals surface area contributed by atoms with Gasteiger partial charge in [0.2, 0.25) is 0 Å². The van der Waals surface area contributed by atoms with E-state index in [1.165, 1.54) is 4.90 Å². The number of benzene rings is 2. The number of nitrogens with zero attached hydrogens (tertiary/aromatic N) is 1. The van der Waals surface area contributed by atoms with Gasteiger partial charge in [0.1, 0.15) is 5.75 Å². The number of carbonyl (C=O) groups is 2. The van der Waals surface area contributed by atoms with Crippen LogP contribution in [-0.4, -0.2) is 17.8 Å². The lowest BCUT2D eigenvalue weighted by Gasteiger charge is -2.12. The Morgan fingerprint density at radius 1 is 1.16 bits per heavy atom. The molecule has 0 atom stereocenters. The maximum atomic E-state index is 12.7. The molecule has 3 rings (SSSR count). The van der Waals surface area contributed by atoms with Gasteiger partial charge in [-0.1, -0.05) is 18.2 Å². The first-order valence-corrected chi connectivity index (χ1v) is 10.4. The van der Waals surface area contributed by atoms with Gasteiger partial charge >= 0.3 is 0 Å². The van der Waals surface area contributed by atoms with Gasteiger partial charge in [0.25, 0.3) is 11.1 Å². The van der Waals surface area contributed by atoms with Crippen LogP contribution in [0, 0.1) is 7.14 Å². The summed E-state index contributed by atoms with van der Waals surface area (Å²) in [4.78, 5) is 26.7. The molecule has 1 aliphatic heterocycles. The molecule has 4 nitrogen and oxygen atoms in total. The highest BCUT2D eigenvalue weighted by Crippen LogP contribution is 2.38. The topological polar surface area (TPSA) is 46.6 Å². The van der Waals surface area contributed by atoms with Gasteiger partial charge in [-0.25, -0.2) is 4.90 Å². The molecule has 0 unspecified atom stereocenters. The van der Waals surface area contributed by atoms with E-state index in [1.807, 2.05) is 25.1 Å². The minimum atomic E-state index is -0.308. The predicted molar refractivity (Wildman–Crippen MR) is 118 cm³/mol. The molecule has 0 spiro atoms. The van der Waals surface area contributed by atoms with Gasteiger partial charge in [0.15, 0.2) is 0 Å². The van der Waals surface area contributed by atoms with Gasteiger partial charge in [-0.2, -0.15) is 0 Å². The third-order valence-corrected chi connectivity index (χ3v) is 5.71. The molecule has 0 aliphatic carbocycles. The third kappa shape index (κ3) is 4.03.